The van der Waals surface area contributed by atoms with Gasteiger partial charge in [-0.05, 0) is 19.8 Å². The second-order valence-corrected chi connectivity index (χ2v) is 3.92. The van der Waals surface area contributed by atoms with Crippen molar-refractivity contribution in [2.75, 3.05) is 0 Å². The predicted molar refractivity (Wildman–Crippen MR) is 55.1 cm³/mol. The van der Waals surface area contributed by atoms with Crippen LogP contribution >= 0.6 is 0 Å². The third kappa shape index (κ3) is 4.18. The first-order valence-corrected chi connectivity index (χ1v) is 5.36. The van der Waals surface area contributed by atoms with E-state index in [0.29, 0.717) is 0 Å². The summed E-state index contributed by atoms with van der Waals surface area (Å²) in [7, 11) is 0. The van der Waals surface area contributed by atoms with Crippen molar-refractivity contribution in [2.24, 2.45) is 5.73 Å². The first-order chi connectivity index (χ1) is 7.09. The lowest BCUT2D eigenvalue weighted by molar-refractivity contribution is -0.129. The van der Waals surface area contributed by atoms with Crippen molar-refractivity contribution in [2.45, 2.75) is 51.2 Å². The highest BCUT2D eigenvalue weighted by Crippen LogP contribution is 2.17. The number of hydrogen-bond acceptors (Lipinski definition) is 3. The summed E-state index contributed by atoms with van der Waals surface area (Å²) in [5.41, 5.74) is 4.82. The van der Waals surface area contributed by atoms with E-state index >= 15 is 0 Å². The molecule has 0 heterocycles. The van der Waals surface area contributed by atoms with Gasteiger partial charge >= 0.3 is 6.09 Å². The van der Waals surface area contributed by atoms with Crippen LogP contribution in [0.4, 0.5) is 4.79 Å². The van der Waals surface area contributed by atoms with Gasteiger partial charge in [0.05, 0.1) is 0 Å². The van der Waals surface area contributed by atoms with Crippen LogP contribution < -0.4 is 11.1 Å². The van der Waals surface area contributed by atoms with Crippen molar-refractivity contribution in [1.29, 1.82) is 0 Å². The molecule has 2 amide bonds. The highest BCUT2D eigenvalue weighted by atomic mass is 16.6. The molecule has 86 valence electrons. The molecule has 5 nitrogen and oxygen atoms in total. The van der Waals surface area contributed by atoms with Gasteiger partial charge in [-0.2, -0.15) is 0 Å². The van der Waals surface area contributed by atoms with Gasteiger partial charge in [0, 0.05) is 6.04 Å². The van der Waals surface area contributed by atoms with E-state index in [0.717, 1.165) is 25.7 Å². The predicted octanol–water partition coefficient (Wildman–Crippen LogP) is 0.919. The van der Waals surface area contributed by atoms with E-state index in [4.69, 9.17) is 5.73 Å². The molecule has 5 heteroatoms. The number of nitrogens with two attached hydrogens (primary N) is 1. The molecule has 3 N–H and O–H groups in total. The Morgan fingerprint density at radius 1 is 1.33 bits per heavy atom. The maximum Gasteiger partial charge on any atom is 0.405 e. The molecule has 0 aromatic carbocycles. The highest BCUT2D eigenvalue weighted by Gasteiger charge is 2.21. The van der Waals surface area contributed by atoms with E-state index < -0.39 is 12.2 Å². The Morgan fingerprint density at radius 3 is 2.47 bits per heavy atom. The molecule has 0 aromatic rings. The van der Waals surface area contributed by atoms with Crippen LogP contribution in [0.1, 0.15) is 39.0 Å². The van der Waals surface area contributed by atoms with E-state index in [2.05, 4.69) is 10.1 Å². The fraction of sp³-hybridized carbons (Fsp3) is 0.800. The standard InChI is InChI=1S/C10H18N2O3/c1-7(15-10(11)14)9(13)12-8-5-3-2-4-6-8/h7-8H,2-6H2,1H3,(H2,11,14)(H,12,13). The number of carbonyl (C=O) groups is 2. The molecule has 0 bridgehead atoms. The number of primary amides is 1. The average molecular weight is 214 g/mol. The number of amides is 2. The smallest absolute Gasteiger partial charge is 0.405 e. The summed E-state index contributed by atoms with van der Waals surface area (Å²) in [5, 5.41) is 2.85. The summed E-state index contributed by atoms with van der Waals surface area (Å²) in [6, 6.07) is 0.227. The molecule has 15 heavy (non-hydrogen) atoms. The van der Waals surface area contributed by atoms with Crippen molar-refractivity contribution in [3.05, 3.63) is 0 Å². The number of rotatable bonds is 3. The second kappa shape index (κ2) is 5.58. The zero-order chi connectivity index (χ0) is 11.3. The Kier molecular flexibility index (Phi) is 4.39. The van der Waals surface area contributed by atoms with Gasteiger partial charge in [-0.1, -0.05) is 19.3 Å². The molecule has 1 unspecified atom stereocenters. The maximum atomic E-state index is 11.5. The van der Waals surface area contributed by atoms with E-state index in [9.17, 15) is 9.59 Å². The minimum absolute atomic E-state index is 0.227. The van der Waals surface area contributed by atoms with Crippen molar-refractivity contribution < 1.29 is 14.3 Å². The molecule has 0 aliphatic heterocycles. The lowest BCUT2D eigenvalue weighted by atomic mass is 9.95. The molecule has 0 radical (unpaired) electrons. The van der Waals surface area contributed by atoms with Crippen LogP contribution in [0.3, 0.4) is 0 Å². The van der Waals surface area contributed by atoms with Gasteiger partial charge < -0.3 is 15.8 Å². The van der Waals surface area contributed by atoms with Gasteiger partial charge in [-0.15, -0.1) is 0 Å². The van der Waals surface area contributed by atoms with Crippen LogP contribution in [0.2, 0.25) is 0 Å². The van der Waals surface area contributed by atoms with Crippen LogP contribution in [-0.4, -0.2) is 24.1 Å². The number of hydrogen-bond donors (Lipinski definition) is 2. The SMILES string of the molecule is CC(OC(N)=O)C(=O)NC1CCCCC1. The summed E-state index contributed by atoms with van der Waals surface area (Å²) in [5.74, 6) is -0.263. The Hall–Kier alpha value is -1.26. The number of ether oxygens (including phenoxy) is 1. The van der Waals surface area contributed by atoms with Crippen LogP contribution in [0.5, 0.6) is 0 Å². The molecule has 0 spiro atoms. The zero-order valence-corrected chi connectivity index (χ0v) is 8.99. The third-order valence-corrected chi connectivity index (χ3v) is 2.61. The summed E-state index contributed by atoms with van der Waals surface area (Å²) < 4.78 is 4.58. The van der Waals surface area contributed by atoms with Gasteiger partial charge in [0.1, 0.15) is 0 Å². The Labute approximate surface area is 89.3 Å². The van der Waals surface area contributed by atoms with Gasteiger partial charge in [-0.25, -0.2) is 4.79 Å². The third-order valence-electron chi connectivity index (χ3n) is 2.61. The molecule has 0 aromatic heterocycles. The van der Waals surface area contributed by atoms with E-state index in [1.54, 1.807) is 0 Å². The molecule has 1 atom stereocenters. The van der Waals surface area contributed by atoms with Gasteiger partial charge in [0.15, 0.2) is 6.10 Å². The molecule has 1 rings (SSSR count). The maximum absolute atomic E-state index is 11.5. The van der Waals surface area contributed by atoms with E-state index in [1.165, 1.54) is 13.3 Å². The lowest BCUT2D eigenvalue weighted by Gasteiger charge is -2.24. The molecule has 1 aliphatic rings. The molecule has 1 aliphatic carbocycles. The molecule has 1 fully saturated rings. The minimum atomic E-state index is -0.915. The molecular weight excluding hydrogens is 196 g/mol. The van der Waals surface area contributed by atoms with Crippen LogP contribution in [-0.2, 0) is 9.53 Å². The van der Waals surface area contributed by atoms with Gasteiger partial charge in [0.2, 0.25) is 0 Å². The molecule has 1 saturated carbocycles. The van der Waals surface area contributed by atoms with Crippen molar-refractivity contribution in [3.63, 3.8) is 0 Å². The van der Waals surface area contributed by atoms with E-state index in [1.807, 2.05) is 0 Å². The summed E-state index contributed by atoms with van der Waals surface area (Å²) in [4.78, 5) is 21.9. The summed E-state index contributed by atoms with van der Waals surface area (Å²) in [6.07, 6.45) is 3.83. The fourth-order valence-electron chi connectivity index (χ4n) is 1.79. The Bertz CT molecular complexity index is 237. The van der Waals surface area contributed by atoms with Crippen LogP contribution in [0.25, 0.3) is 0 Å². The Balaban J connectivity index is 2.30. The fourth-order valence-corrected chi connectivity index (χ4v) is 1.79. The van der Waals surface area contributed by atoms with Gasteiger partial charge in [-0.3, -0.25) is 4.79 Å². The largest absolute Gasteiger partial charge is 0.437 e. The first kappa shape index (κ1) is 11.8. The van der Waals surface area contributed by atoms with Gasteiger partial charge in [0.25, 0.3) is 5.91 Å². The van der Waals surface area contributed by atoms with E-state index in [-0.39, 0.29) is 11.9 Å². The quantitative estimate of drug-likeness (QED) is 0.733. The van der Waals surface area contributed by atoms with Crippen molar-refractivity contribution in [3.8, 4) is 0 Å². The number of nitrogens with one attached hydrogen (secondary N) is 1. The van der Waals surface area contributed by atoms with Crippen LogP contribution in [0, 0.1) is 0 Å². The topological polar surface area (TPSA) is 81.4 Å². The molecular formula is C10H18N2O3. The van der Waals surface area contributed by atoms with Crippen LogP contribution in [0.15, 0.2) is 0 Å². The second-order valence-electron chi connectivity index (χ2n) is 3.92. The highest BCUT2D eigenvalue weighted by molar-refractivity contribution is 5.82. The monoisotopic (exact) mass is 214 g/mol. The van der Waals surface area contributed by atoms with Crippen molar-refractivity contribution in [1.82, 2.24) is 5.32 Å². The van der Waals surface area contributed by atoms with Crippen molar-refractivity contribution >= 4 is 12.0 Å². The summed E-state index contributed by atoms with van der Waals surface area (Å²) in [6.45, 7) is 1.52. The normalized spacial score (nSPS) is 19.3. The molecule has 0 saturated heterocycles. The zero-order valence-electron chi connectivity index (χ0n) is 8.99. The number of carbonyl (C=O) groups excluding carboxylic acids is 2. The first-order valence-electron chi connectivity index (χ1n) is 5.36. The average Bonchev–Trinajstić information content (AvgIpc) is 2.18. The lowest BCUT2D eigenvalue weighted by Crippen LogP contribution is -2.43. The summed E-state index contributed by atoms with van der Waals surface area (Å²) >= 11 is 0. The minimum Gasteiger partial charge on any atom is -0.437 e. The Morgan fingerprint density at radius 2 is 1.93 bits per heavy atom.